The average Bonchev–Trinajstić information content (AvgIpc) is 2.71. The Morgan fingerprint density at radius 2 is 2.00 bits per heavy atom. The number of rotatable bonds is 3. The van der Waals surface area contributed by atoms with E-state index in [2.05, 4.69) is 38.8 Å². The number of hydrogen-bond donors (Lipinski definition) is 1. The van der Waals surface area contributed by atoms with Crippen molar-refractivity contribution in [1.29, 1.82) is 0 Å². The van der Waals surface area contributed by atoms with Gasteiger partial charge >= 0.3 is 0 Å². The van der Waals surface area contributed by atoms with E-state index in [-0.39, 0.29) is 17.5 Å². The summed E-state index contributed by atoms with van der Waals surface area (Å²) in [5, 5.41) is 0. The van der Waals surface area contributed by atoms with Gasteiger partial charge in [0.1, 0.15) is 12.0 Å². The largest absolute Gasteiger partial charge is 0.401 e. The van der Waals surface area contributed by atoms with Crippen molar-refractivity contribution >= 4 is 20.4 Å². The fourth-order valence-corrected chi connectivity index (χ4v) is 3.98. The van der Waals surface area contributed by atoms with Gasteiger partial charge in [0.15, 0.2) is 9.04 Å². The van der Waals surface area contributed by atoms with Crippen molar-refractivity contribution in [3.63, 3.8) is 0 Å². The molecular formula is C16H27FN2OSi. The molecule has 0 bridgehead atoms. The summed E-state index contributed by atoms with van der Waals surface area (Å²) in [5.74, 6) is 0.146. The molecule has 2 N–H and O–H groups in total. The van der Waals surface area contributed by atoms with Crippen molar-refractivity contribution in [3.8, 4) is 0 Å². The molecule has 1 fully saturated rings. The fourth-order valence-electron chi connectivity index (χ4n) is 3.09. The molecule has 5 heteroatoms. The van der Waals surface area contributed by atoms with E-state index < -0.39 is 9.04 Å². The van der Waals surface area contributed by atoms with Gasteiger partial charge in [-0.15, -0.1) is 0 Å². The molecule has 1 heterocycles. The summed E-state index contributed by atoms with van der Waals surface area (Å²) < 4.78 is 20.5. The van der Waals surface area contributed by atoms with Crippen LogP contribution in [0.4, 0.5) is 15.8 Å². The van der Waals surface area contributed by atoms with Crippen molar-refractivity contribution in [2.45, 2.75) is 46.5 Å². The molecule has 0 aromatic heterocycles. The maximum atomic E-state index is 14.3. The third-order valence-electron chi connectivity index (χ3n) is 4.14. The van der Waals surface area contributed by atoms with Gasteiger partial charge in [0.25, 0.3) is 0 Å². The van der Waals surface area contributed by atoms with Gasteiger partial charge in [-0.25, -0.2) is 4.39 Å². The minimum absolute atomic E-state index is 0.0326. The lowest BCUT2D eigenvalue weighted by molar-refractivity contribution is 0.0884. The Morgan fingerprint density at radius 1 is 1.33 bits per heavy atom. The zero-order valence-corrected chi connectivity index (χ0v) is 14.8. The number of nitrogens with two attached hydrogens (primary N) is 1. The normalized spacial score (nSPS) is 23.1. The van der Waals surface area contributed by atoms with E-state index in [4.69, 9.17) is 10.2 Å². The molecule has 1 aliphatic heterocycles. The minimum atomic E-state index is -1.21. The Labute approximate surface area is 129 Å². The maximum Gasteiger partial charge on any atom is 0.173 e. The van der Waals surface area contributed by atoms with E-state index in [1.165, 1.54) is 6.07 Å². The van der Waals surface area contributed by atoms with Gasteiger partial charge in [0, 0.05) is 18.2 Å². The summed E-state index contributed by atoms with van der Waals surface area (Å²) in [6, 6.07) is 4.92. The first-order valence-corrected chi connectivity index (χ1v) is 10.5. The van der Waals surface area contributed by atoms with Crippen molar-refractivity contribution < 1.29 is 8.82 Å². The van der Waals surface area contributed by atoms with Crippen LogP contribution in [0, 0.1) is 17.2 Å². The molecule has 0 saturated carbocycles. The van der Waals surface area contributed by atoms with Gasteiger partial charge in [-0.05, 0) is 43.1 Å². The first-order valence-electron chi connectivity index (χ1n) is 7.67. The van der Waals surface area contributed by atoms with Gasteiger partial charge in [0.2, 0.25) is 0 Å². The van der Waals surface area contributed by atoms with E-state index in [1.807, 2.05) is 0 Å². The predicted octanol–water partition coefficient (Wildman–Crippen LogP) is 3.61. The summed E-state index contributed by atoms with van der Waals surface area (Å²) in [6.07, 6.45) is 0.994. The molecule has 1 unspecified atom stereocenters. The van der Waals surface area contributed by atoms with E-state index in [0.717, 1.165) is 13.0 Å². The highest BCUT2D eigenvalue weighted by molar-refractivity contribution is 6.48. The Balaban J connectivity index is 2.33. The minimum Gasteiger partial charge on any atom is -0.401 e. The number of halogens is 1. The van der Waals surface area contributed by atoms with Crippen LogP contribution in [0.15, 0.2) is 18.2 Å². The summed E-state index contributed by atoms with van der Waals surface area (Å²) in [7, 11) is -1.21. The van der Waals surface area contributed by atoms with Crippen LogP contribution in [0.1, 0.15) is 27.2 Å². The Hall–Kier alpha value is -1.07. The quantitative estimate of drug-likeness (QED) is 0.685. The lowest BCUT2D eigenvalue weighted by Crippen LogP contribution is -2.42. The molecule has 1 saturated heterocycles. The molecule has 0 radical (unpaired) electrons. The SMILES string of the molecule is C[SiH](C)OC1[C@@H](C(C)(C)C)CCN1c1ccc(N)cc1F. The fraction of sp³-hybridized carbons (Fsp3) is 0.625. The van der Waals surface area contributed by atoms with Crippen LogP contribution in [0.2, 0.25) is 13.1 Å². The smallest absolute Gasteiger partial charge is 0.173 e. The topological polar surface area (TPSA) is 38.5 Å². The first-order chi connectivity index (χ1) is 9.70. The van der Waals surface area contributed by atoms with Crippen molar-refractivity contribution in [2.75, 3.05) is 17.2 Å². The Bertz CT molecular complexity index is 502. The second-order valence-corrected chi connectivity index (χ2v) is 9.61. The average molecular weight is 310 g/mol. The molecule has 21 heavy (non-hydrogen) atoms. The molecule has 2 atom stereocenters. The zero-order chi connectivity index (χ0) is 15.8. The Morgan fingerprint density at radius 3 is 2.52 bits per heavy atom. The predicted molar refractivity (Wildman–Crippen MR) is 89.5 cm³/mol. The first kappa shape index (κ1) is 16.3. The zero-order valence-electron chi connectivity index (χ0n) is 13.7. The highest BCUT2D eigenvalue weighted by atomic mass is 28.3. The van der Waals surface area contributed by atoms with Crippen molar-refractivity contribution in [1.82, 2.24) is 0 Å². The summed E-state index contributed by atoms with van der Waals surface area (Å²) in [5.41, 5.74) is 6.87. The summed E-state index contributed by atoms with van der Waals surface area (Å²) in [6.45, 7) is 11.9. The highest BCUT2D eigenvalue weighted by Gasteiger charge is 2.42. The molecule has 1 aliphatic rings. The molecule has 118 valence electrons. The van der Waals surface area contributed by atoms with Crippen LogP contribution >= 0.6 is 0 Å². The van der Waals surface area contributed by atoms with Gasteiger partial charge < -0.3 is 15.1 Å². The molecular weight excluding hydrogens is 283 g/mol. The van der Waals surface area contributed by atoms with E-state index in [0.29, 0.717) is 17.3 Å². The number of benzene rings is 1. The van der Waals surface area contributed by atoms with Crippen LogP contribution in [0.5, 0.6) is 0 Å². The van der Waals surface area contributed by atoms with Crippen LogP contribution in [0.3, 0.4) is 0 Å². The Kier molecular flexibility index (Phi) is 4.63. The number of anilines is 2. The lowest BCUT2D eigenvalue weighted by atomic mass is 9.79. The molecule has 1 aromatic rings. The van der Waals surface area contributed by atoms with Crippen LogP contribution in [-0.4, -0.2) is 21.8 Å². The van der Waals surface area contributed by atoms with Gasteiger partial charge in [-0.1, -0.05) is 20.8 Å². The third kappa shape index (κ3) is 3.58. The second kappa shape index (κ2) is 5.97. The van der Waals surface area contributed by atoms with Crippen LogP contribution in [-0.2, 0) is 4.43 Å². The van der Waals surface area contributed by atoms with Crippen LogP contribution < -0.4 is 10.6 Å². The van der Waals surface area contributed by atoms with Gasteiger partial charge in [-0.2, -0.15) is 0 Å². The van der Waals surface area contributed by atoms with Crippen molar-refractivity contribution in [2.24, 2.45) is 11.3 Å². The van der Waals surface area contributed by atoms with Crippen molar-refractivity contribution in [3.05, 3.63) is 24.0 Å². The third-order valence-corrected chi connectivity index (χ3v) is 4.96. The highest BCUT2D eigenvalue weighted by Crippen LogP contribution is 2.42. The van der Waals surface area contributed by atoms with E-state index in [1.54, 1.807) is 12.1 Å². The van der Waals surface area contributed by atoms with Gasteiger partial charge in [0.05, 0.1) is 5.69 Å². The number of hydrogen-bond acceptors (Lipinski definition) is 3. The lowest BCUT2D eigenvalue weighted by Gasteiger charge is -2.37. The monoisotopic (exact) mass is 310 g/mol. The maximum absolute atomic E-state index is 14.3. The van der Waals surface area contributed by atoms with E-state index >= 15 is 0 Å². The van der Waals surface area contributed by atoms with Gasteiger partial charge in [-0.3, -0.25) is 0 Å². The van der Waals surface area contributed by atoms with E-state index in [9.17, 15) is 4.39 Å². The summed E-state index contributed by atoms with van der Waals surface area (Å²) >= 11 is 0. The summed E-state index contributed by atoms with van der Waals surface area (Å²) in [4.78, 5) is 2.08. The number of nitrogens with zero attached hydrogens (tertiary/aromatic N) is 1. The van der Waals surface area contributed by atoms with Crippen LogP contribution in [0.25, 0.3) is 0 Å². The molecule has 1 aromatic carbocycles. The molecule has 0 spiro atoms. The number of nitrogen functional groups attached to an aromatic ring is 1. The molecule has 3 nitrogen and oxygen atoms in total. The standard InChI is InChI=1S/C16H27FN2OSi/c1-16(2,3)12-8-9-19(15(12)20-21(4)5)14-7-6-11(18)10-13(14)17/h6-7,10,12,15,21H,8-9,18H2,1-5H3/t12-,15?/m0/s1. The second-order valence-electron chi connectivity index (χ2n) is 7.24. The molecule has 0 amide bonds. The molecule has 2 rings (SSSR count). The molecule has 0 aliphatic carbocycles.